The van der Waals surface area contributed by atoms with Crippen molar-refractivity contribution in [3.8, 4) is 0 Å². The maximum Gasteiger partial charge on any atom is 0.306 e. The lowest BCUT2D eigenvalue weighted by Gasteiger charge is -2.08. The summed E-state index contributed by atoms with van der Waals surface area (Å²) in [6.07, 6.45) is 1.37. The third-order valence-electron chi connectivity index (χ3n) is 2.96. The van der Waals surface area contributed by atoms with Crippen LogP contribution in [0.2, 0.25) is 0 Å². The van der Waals surface area contributed by atoms with Gasteiger partial charge in [0.15, 0.2) is 0 Å². The van der Waals surface area contributed by atoms with Gasteiger partial charge in [0.1, 0.15) is 0 Å². The van der Waals surface area contributed by atoms with Crippen molar-refractivity contribution < 1.29 is 19.1 Å². The molecule has 0 fully saturated rings. The predicted molar refractivity (Wildman–Crippen MR) is 89.2 cm³/mol. The topological polar surface area (TPSA) is 77.0 Å². The molecule has 1 aromatic carbocycles. The van der Waals surface area contributed by atoms with E-state index in [-0.39, 0.29) is 24.8 Å². The van der Waals surface area contributed by atoms with Gasteiger partial charge in [0.2, 0.25) is 0 Å². The van der Waals surface area contributed by atoms with E-state index in [1.54, 1.807) is 13.8 Å². The minimum atomic E-state index is -0.268. The van der Waals surface area contributed by atoms with Gasteiger partial charge >= 0.3 is 11.9 Å². The van der Waals surface area contributed by atoms with Gasteiger partial charge in [-0.1, -0.05) is 18.2 Å². The Kier molecular flexibility index (Phi) is 9.12. The van der Waals surface area contributed by atoms with E-state index in [0.717, 1.165) is 11.4 Å². The molecule has 0 aliphatic heterocycles. The standard InChI is InChI=1S/C17H24N2O4/c1-3-22-16(20)12-10-15(11-13-17(21)23-4-2)19-18-14-8-6-5-7-9-14/h5-9,18H,3-4,10-13H2,1-2H3. The minimum absolute atomic E-state index is 0.242. The summed E-state index contributed by atoms with van der Waals surface area (Å²) in [5.41, 5.74) is 4.52. The largest absolute Gasteiger partial charge is 0.466 e. The van der Waals surface area contributed by atoms with Gasteiger partial charge in [-0.05, 0) is 38.8 Å². The monoisotopic (exact) mass is 320 g/mol. The van der Waals surface area contributed by atoms with Crippen molar-refractivity contribution in [2.45, 2.75) is 39.5 Å². The first-order valence-corrected chi connectivity index (χ1v) is 7.83. The average molecular weight is 320 g/mol. The fraction of sp³-hybridized carbons (Fsp3) is 0.471. The SMILES string of the molecule is CCOC(=O)CCC(CCC(=O)OCC)=NNc1ccccc1. The summed E-state index contributed by atoms with van der Waals surface area (Å²) in [6.45, 7) is 4.25. The Morgan fingerprint density at radius 3 is 1.91 bits per heavy atom. The number of nitrogens with one attached hydrogen (secondary N) is 1. The van der Waals surface area contributed by atoms with Crippen molar-refractivity contribution in [3.63, 3.8) is 0 Å². The molecule has 0 aromatic heterocycles. The number of hydrogen-bond acceptors (Lipinski definition) is 6. The number of ether oxygens (including phenoxy) is 2. The molecular formula is C17H24N2O4. The van der Waals surface area contributed by atoms with Gasteiger partial charge in [0.05, 0.1) is 31.7 Å². The summed E-state index contributed by atoms with van der Waals surface area (Å²) in [5.74, 6) is -0.535. The van der Waals surface area contributed by atoms with Crippen LogP contribution in [-0.4, -0.2) is 30.9 Å². The summed E-state index contributed by atoms with van der Waals surface area (Å²) < 4.78 is 9.83. The number of carbonyl (C=O) groups excluding carboxylic acids is 2. The van der Waals surface area contributed by atoms with Crippen LogP contribution in [0, 0.1) is 0 Å². The lowest BCUT2D eigenvalue weighted by Crippen LogP contribution is -2.12. The second kappa shape index (κ2) is 11.2. The zero-order valence-electron chi connectivity index (χ0n) is 13.7. The maximum absolute atomic E-state index is 11.5. The van der Waals surface area contributed by atoms with Gasteiger partial charge in [-0.2, -0.15) is 5.10 Å². The van der Waals surface area contributed by atoms with Crippen LogP contribution in [0.1, 0.15) is 39.5 Å². The highest BCUT2D eigenvalue weighted by molar-refractivity contribution is 5.90. The van der Waals surface area contributed by atoms with Gasteiger partial charge in [0, 0.05) is 5.71 Å². The van der Waals surface area contributed by atoms with Crippen LogP contribution in [-0.2, 0) is 19.1 Å². The fourth-order valence-electron chi connectivity index (χ4n) is 1.85. The van der Waals surface area contributed by atoms with Crippen LogP contribution in [0.25, 0.3) is 0 Å². The van der Waals surface area contributed by atoms with Gasteiger partial charge in [-0.15, -0.1) is 0 Å². The number of nitrogens with zero attached hydrogens (tertiary/aromatic N) is 1. The molecule has 6 nitrogen and oxygen atoms in total. The number of carbonyl (C=O) groups is 2. The van der Waals surface area contributed by atoms with E-state index in [2.05, 4.69) is 10.5 Å². The lowest BCUT2D eigenvalue weighted by atomic mass is 10.1. The molecule has 126 valence electrons. The highest BCUT2D eigenvalue weighted by Gasteiger charge is 2.10. The Hall–Kier alpha value is -2.37. The van der Waals surface area contributed by atoms with Crippen molar-refractivity contribution in [2.75, 3.05) is 18.6 Å². The first kappa shape index (κ1) is 18.7. The van der Waals surface area contributed by atoms with E-state index in [1.807, 2.05) is 30.3 Å². The molecule has 1 aromatic rings. The number of anilines is 1. The molecule has 0 aliphatic carbocycles. The number of benzene rings is 1. The third kappa shape index (κ3) is 8.60. The molecule has 0 saturated heterocycles. The molecule has 0 radical (unpaired) electrons. The fourth-order valence-corrected chi connectivity index (χ4v) is 1.85. The molecule has 0 atom stereocenters. The molecule has 0 heterocycles. The van der Waals surface area contributed by atoms with E-state index in [9.17, 15) is 9.59 Å². The van der Waals surface area contributed by atoms with E-state index < -0.39 is 0 Å². The molecule has 0 spiro atoms. The lowest BCUT2D eigenvalue weighted by molar-refractivity contribution is -0.143. The van der Waals surface area contributed by atoms with Crippen LogP contribution >= 0.6 is 0 Å². The molecule has 0 bridgehead atoms. The van der Waals surface area contributed by atoms with Crippen molar-refractivity contribution >= 4 is 23.3 Å². The van der Waals surface area contributed by atoms with E-state index in [0.29, 0.717) is 26.1 Å². The quantitative estimate of drug-likeness (QED) is 0.407. The second-order valence-electron chi connectivity index (χ2n) is 4.77. The number of hydrazone groups is 1. The average Bonchev–Trinajstić information content (AvgIpc) is 2.55. The van der Waals surface area contributed by atoms with Crippen molar-refractivity contribution in [3.05, 3.63) is 30.3 Å². The molecule has 1 N–H and O–H groups in total. The first-order valence-electron chi connectivity index (χ1n) is 7.83. The van der Waals surface area contributed by atoms with Crippen molar-refractivity contribution in [1.29, 1.82) is 0 Å². The Morgan fingerprint density at radius 2 is 1.43 bits per heavy atom. The van der Waals surface area contributed by atoms with Gasteiger partial charge in [0.25, 0.3) is 0 Å². The van der Waals surface area contributed by atoms with Crippen molar-refractivity contribution in [2.24, 2.45) is 5.10 Å². The van der Waals surface area contributed by atoms with Crippen molar-refractivity contribution in [1.82, 2.24) is 0 Å². The summed E-state index contributed by atoms with van der Waals surface area (Å²) in [7, 11) is 0. The molecule has 0 unspecified atom stereocenters. The highest BCUT2D eigenvalue weighted by atomic mass is 16.5. The maximum atomic E-state index is 11.5. The zero-order valence-corrected chi connectivity index (χ0v) is 13.7. The molecule has 0 aliphatic rings. The zero-order chi connectivity index (χ0) is 16.9. The van der Waals surface area contributed by atoms with Crippen LogP contribution in [0.3, 0.4) is 0 Å². The van der Waals surface area contributed by atoms with Crippen LogP contribution in [0.4, 0.5) is 5.69 Å². The summed E-state index contributed by atoms with van der Waals surface area (Å²) in [6, 6.07) is 9.48. The minimum Gasteiger partial charge on any atom is -0.466 e. The Labute approximate surface area is 136 Å². The number of esters is 2. The van der Waals surface area contributed by atoms with E-state index >= 15 is 0 Å². The van der Waals surface area contributed by atoms with Crippen LogP contribution in [0.15, 0.2) is 35.4 Å². The third-order valence-corrected chi connectivity index (χ3v) is 2.96. The van der Waals surface area contributed by atoms with Gasteiger partial charge < -0.3 is 9.47 Å². The summed E-state index contributed by atoms with van der Waals surface area (Å²) in [4.78, 5) is 22.9. The Morgan fingerprint density at radius 1 is 0.913 bits per heavy atom. The number of hydrogen-bond donors (Lipinski definition) is 1. The molecule has 1 rings (SSSR count). The van der Waals surface area contributed by atoms with E-state index in [1.165, 1.54) is 0 Å². The van der Waals surface area contributed by atoms with Crippen LogP contribution in [0.5, 0.6) is 0 Å². The molecule has 23 heavy (non-hydrogen) atoms. The normalized spacial score (nSPS) is 9.83. The number of para-hydroxylation sites is 1. The summed E-state index contributed by atoms with van der Waals surface area (Å²) >= 11 is 0. The Balaban J connectivity index is 2.59. The van der Waals surface area contributed by atoms with Gasteiger partial charge in [-0.25, -0.2) is 0 Å². The Bertz CT molecular complexity index is 491. The molecule has 0 saturated carbocycles. The predicted octanol–water partition coefficient (Wildman–Crippen LogP) is 3.14. The summed E-state index contributed by atoms with van der Waals surface area (Å²) in [5, 5.41) is 4.31. The second-order valence-corrected chi connectivity index (χ2v) is 4.77. The first-order chi connectivity index (χ1) is 11.2. The molecule has 6 heteroatoms. The smallest absolute Gasteiger partial charge is 0.306 e. The van der Waals surface area contributed by atoms with Crippen LogP contribution < -0.4 is 5.43 Å². The highest BCUT2D eigenvalue weighted by Crippen LogP contribution is 2.08. The van der Waals surface area contributed by atoms with E-state index in [4.69, 9.17) is 9.47 Å². The molecule has 0 amide bonds. The number of rotatable bonds is 10. The molecular weight excluding hydrogens is 296 g/mol. The van der Waals surface area contributed by atoms with Gasteiger partial charge in [-0.3, -0.25) is 15.0 Å².